The zero-order chi connectivity index (χ0) is 27.9. The second-order valence-corrected chi connectivity index (χ2v) is 10.8. The van der Waals surface area contributed by atoms with Gasteiger partial charge in [-0.25, -0.2) is 19.7 Å². The van der Waals surface area contributed by atoms with E-state index in [0.29, 0.717) is 43.0 Å². The number of anilines is 2. The molecule has 212 valence electrons. The number of benzene rings is 1. The van der Waals surface area contributed by atoms with Crippen molar-refractivity contribution in [1.29, 1.82) is 0 Å². The highest BCUT2D eigenvalue weighted by Crippen LogP contribution is 2.30. The Bertz CT molecular complexity index is 1440. The highest BCUT2D eigenvalue weighted by molar-refractivity contribution is 7.15. The van der Waals surface area contributed by atoms with Crippen LogP contribution in [0.25, 0.3) is 22.1 Å². The SMILES string of the molecule is O=C(NCc1ccncn1)Nc1ccc(-c2nc(-c3ccc(CN4CCOCC4)s3)nc(N3CCOCC3)n2)cc1. The number of hydrogen-bond acceptors (Lipinski definition) is 11. The molecule has 3 aromatic heterocycles. The van der Waals surface area contributed by atoms with Crippen LogP contribution in [-0.2, 0) is 22.6 Å². The molecule has 5 heterocycles. The van der Waals surface area contributed by atoms with Crippen LogP contribution in [0.5, 0.6) is 0 Å². The number of thiophene rings is 1. The number of nitrogens with zero attached hydrogens (tertiary/aromatic N) is 7. The van der Waals surface area contributed by atoms with Crippen molar-refractivity contribution in [2.24, 2.45) is 0 Å². The lowest BCUT2D eigenvalue weighted by Gasteiger charge is -2.27. The van der Waals surface area contributed by atoms with Crippen LogP contribution in [0.1, 0.15) is 10.6 Å². The number of morpholine rings is 2. The topological polar surface area (TPSA) is 131 Å². The predicted molar refractivity (Wildman–Crippen MR) is 156 cm³/mol. The minimum absolute atomic E-state index is 0.307. The van der Waals surface area contributed by atoms with Crippen LogP contribution in [0.4, 0.5) is 16.4 Å². The van der Waals surface area contributed by atoms with Gasteiger partial charge in [0.25, 0.3) is 0 Å². The van der Waals surface area contributed by atoms with Crippen LogP contribution in [0.15, 0.2) is 55.0 Å². The van der Waals surface area contributed by atoms with Gasteiger partial charge in [-0.1, -0.05) is 0 Å². The molecule has 1 aromatic carbocycles. The van der Waals surface area contributed by atoms with E-state index in [1.54, 1.807) is 23.6 Å². The quantitative estimate of drug-likeness (QED) is 0.324. The summed E-state index contributed by atoms with van der Waals surface area (Å²) in [6, 6.07) is 13.2. The zero-order valence-corrected chi connectivity index (χ0v) is 23.3. The first-order chi connectivity index (χ1) is 20.2. The van der Waals surface area contributed by atoms with Gasteiger partial charge < -0.3 is 25.0 Å². The first-order valence-electron chi connectivity index (χ1n) is 13.6. The molecule has 6 rings (SSSR count). The molecular weight excluding hydrogens is 542 g/mol. The summed E-state index contributed by atoms with van der Waals surface area (Å²) in [4.78, 5) is 41.7. The molecule has 0 bridgehead atoms. The van der Waals surface area contributed by atoms with E-state index in [1.165, 1.54) is 11.2 Å². The third kappa shape index (κ3) is 7.19. The fourth-order valence-electron chi connectivity index (χ4n) is 4.54. The molecular formula is C28H31N9O3S. The van der Waals surface area contributed by atoms with Crippen molar-refractivity contribution >= 4 is 29.0 Å². The predicted octanol–water partition coefficient (Wildman–Crippen LogP) is 3.05. The van der Waals surface area contributed by atoms with Crippen molar-refractivity contribution in [2.45, 2.75) is 13.1 Å². The van der Waals surface area contributed by atoms with E-state index in [4.69, 9.17) is 24.4 Å². The van der Waals surface area contributed by atoms with Gasteiger partial charge >= 0.3 is 6.03 Å². The summed E-state index contributed by atoms with van der Waals surface area (Å²) in [5.74, 6) is 1.88. The molecule has 0 saturated carbocycles. The summed E-state index contributed by atoms with van der Waals surface area (Å²) in [7, 11) is 0. The minimum atomic E-state index is -0.320. The third-order valence-electron chi connectivity index (χ3n) is 6.76. The van der Waals surface area contributed by atoms with E-state index >= 15 is 0 Å². The highest BCUT2D eigenvalue weighted by atomic mass is 32.1. The summed E-state index contributed by atoms with van der Waals surface area (Å²) < 4.78 is 11.0. The van der Waals surface area contributed by atoms with Gasteiger partial charge in [0.2, 0.25) is 5.95 Å². The van der Waals surface area contributed by atoms with Crippen LogP contribution in [0, 0.1) is 0 Å². The first kappa shape index (κ1) is 27.1. The van der Waals surface area contributed by atoms with Crippen LogP contribution in [-0.4, -0.2) is 88.5 Å². The molecule has 2 N–H and O–H groups in total. The van der Waals surface area contributed by atoms with E-state index in [1.807, 2.05) is 24.3 Å². The van der Waals surface area contributed by atoms with Gasteiger partial charge in [-0.05, 0) is 42.5 Å². The van der Waals surface area contributed by atoms with Gasteiger partial charge in [0, 0.05) is 55.0 Å². The van der Waals surface area contributed by atoms with Crippen molar-refractivity contribution < 1.29 is 14.3 Å². The summed E-state index contributed by atoms with van der Waals surface area (Å²) in [6.07, 6.45) is 3.09. The average Bonchev–Trinajstić information content (AvgIpc) is 3.50. The molecule has 0 atom stereocenters. The van der Waals surface area contributed by atoms with Crippen molar-refractivity contribution in [3.05, 3.63) is 65.6 Å². The van der Waals surface area contributed by atoms with Crippen LogP contribution in [0.3, 0.4) is 0 Å². The molecule has 0 unspecified atom stereocenters. The molecule has 0 spiro atoms. The van der Waals surface area contributed by atoms with E-state index in [0.717, 1.165) is 62.1 Å². The number of rotatable bonds is 8. The summed E-state index contributed by atoms with van der Waals surface area (Å²) in [5, 5.41) is 5.64. The maximum absolute atomic E-state index is 12.4. The molecule has 2 aliphatic rings. The Hall–Kier alpha value is -4.04. The summed E-state index contributed by atoms with van der Waals surface area (Å²) >= 11 is 1.71. The smallest absolute Gasteiger partial charge is 0.319 e. The summed E-state index contributed by atoms with van der Waals surface area (Å²) in [5.41, 5.74) is 2.22. The van der Waals surface area contributed by atoms with E-state index in [2.05, 4.69) is 42.5 Å². The van der Waals surface area contributed by atoms with Gasteiger partial charge in [-0.3, -0.25) is 4.90 Å². The Balaban J connectivity index is 1.19. The monoisotopic (exact) mass is 573 g/mol. The van der Waals surface area contributed by atoms with Crippen LogP contribution in [0.2, 0.25) is 0 Å². The number of ether oxygens (including phenoxy) is 2. The molecule has 4 aromatic rings. The van der Waals surface area contributed by atoms with Crippen molar-refractivity contribution in [3.63, 3.8) is 0 Å². The Labute approximate surface area is 241 Å². The molecule has 2 amide bonds. The van der Waals surface area contributed by atoms with Crippen molar-refractivity contribution in [1.82, 2.24) is 35.1 Å². The molecule has 2 aliphatic heterocycles. The number of amides is 2. The number of urea groups is 1. The maximum Gasteiger partial charge on any atom is 0.319 e. The van der Waals surface area contributed by atoms with E-state index in [-0.39, 0.29) is 6.03 Å². The number of nitrogens with one attached hydrogen (secondary N) is 2. The molecule has 13 heteroatoms. The lowest BCUT2D eigenvalue weighted by Crippen LogP contribution is -2.37. The maximum atomic E-state index is 12.4. The fourth-order valence-corrected chi connectivity index (χ4v) is 5.53. The Kier molecular flexibility index (Phi) is 8.66. The van der Waals surface area contributed by atoms with Crippen LogP contribution >= 0.6 is 11.3 Å². The molecule has 0 radical (unpaired) electrons. The molecule has 12 nitrogen and oxygen atoms in total. The standard InChI is InChI=1S/C28H31N9O3S/c38-28(30-17-22-7-8-29-19-31-22)32-21-3-1-20(2-4-21)25-33-26(35-27(34-25)37-11-15-40-16-12-37)24-6-5-23(41-24)18-36-9-13-39-14-10-36/h1-8,19H,9-18H2,(H2,30,32,38). The number of aromatic nitrogens is 5. The lowest BCUT2D eigenvalue weighted by atomic mass is 10.2. The largest absolute Gasteiger partial charge is 0.379 e. The molecule has 2 fully saturated rings. The Morgan fingerprint density at radius 1 is 0.878 bits per heavy atom. The zero-order valence-electron chi connectivity index (χ0n) is 22.5. The van der Waals surface area contributed by atoms with Gasteiger partial charge in [-0.2, -0.15) is 9.97 Å². The Morgan fingerprint density at radius 2 is 1.63 bits per heavy atom. The fraction of sp³-hybridized carbons (Fsp3) is 0.357. The number of carbonyl (C=O) groups excluding carboxylic acids is 1. The normalized spacial score (nSPS) is 16.0. The number of carbonyl (C=O) groups is 1. The molecule has 41 heavy (non-hydrogen) atoms. The van der Waals surface area contributed by atoms with Crippen LogP contribution < -0.4 is 15.5 Å². The van der Waals surface area contributed by atoms with Crippen molar-refractivity contribution in [2.75, 3.05) is 62.8 Å². The molecule has 0 aliphatic carbocycles. The highest BCUT2D eigenvalue weighted by Gasteiger charge is 2.19. The van der Waals surface area contributed by atoms with Gasteiger partial charge in [0.05, 0.1) is 43.5 Å². The van der Waals surface area contributed by atoms with Gasteiger partial charge in [0.1, 0.15) is 6.33 Å². The lowest BCUT2D eigenvalue weighted by molar-refractivity contribution is 0.0346. The first-order valence-corrected chi connectivity index (χ1v) is 14.4. The van der Waals surface area contributed by atoms with E-state index < -0.39 is 0 Å². The van der Waals surface area contributed by atoms with Gasteiger partial charge in [0.15, 0.2) is 11.6 Å². The minimum Gasteiger partial charge on any atom is -0.379 e. The summed E-state index contributed by atoms with van der Waals surface area (Å²) in [6.45, 7) is 7.37. The second kappa shape index (κ2) is 13.1. The van der Waals surface area contributed by atoms with Crippen molar-refractivity contribution in [3.8, 4) is 22.1 Å². The number of hydrogen-bond donors (Lipinski definition) is 2. The van der Waals surface area contributed by atoms with E-state index in [9.17, 15) is 4.79 Å². The average molecular weight is 574 g/mol. The molecule has 2 saturated heterocycles. The third-order valence-corrected chi connectivity index (χ3v) is 7.82. The van der Waals surface area contributed by atoms with Gasteiger partial charge in [-0.15, -0.1) is 11.3 Å². The Morgan fingerprint density at radius 3 is 2.39 bits per heavy atom. The second-order valence-electron chi connectivity index (χ2n) is 9.62.